The number of nitrogens with zero attached hydrogens (tertiary/aromatic N) is 3. The van der Waals surface area contributed by atoms with Gasteiger partial charge in [-0.05, 0) is 12.0 Å². The summed E-state index contributed by atoms with van der Waals surface area (Å²) in [6.07, 6.45) is 2.62. The fourth-order valence-electron chi connectivity index (χ4n) is 1.99. The van der Waals surface area contributed by atoms with Gasteiger partial charge >= 0.3 is 0 Å². The van der Waals surface area contributed by atoms with Crippen molar-refractivity contribution in [2.45, 2.75) is 32.2 Å². The molecule has 0 amide bonds. The number of benzene rings is 1. The van der Waals surface area contributed by atoms with Gasteiger partial charge in [0.2, 0.25) is 0 Å². The van der Waals surface area contributed by atoms with Gasteiger partial charge in [0.1, 0.15) is 5.82 Å². The lowest BCUT2D eigenvalue weighted by Crippen LogP contribution is -2.12. The molecule has 1 aromatic heterocycles. The highest BCUT2D eigenvalue weighted by atomic mass is 15.3. The Morgan fingerprint density at radius 3 is 2.61 bits per heavy atom. The molecule has 4 nitrogen and oxygen atoms in total. The van der Waals surface area contributed by atoms with Crippen LogP contribution in [0.1, 0.15) is 36.6 Å². The Hall–Kier alpha value is -1.68. The molecule has 0 aliphatic rings. The molecule has 1 atom stereocenters. The van der Waals surface area contributed by atoms with Gasteiger partial charge in [-0.3, -0.25) is 4.68 Å². The topological polar surface area (TPSA) is 56.7 Å². The number of nitrogens with two attached hydrogens (primary N) is 1. The van der Waals surface area contributed by atoms with E-state index in [-0.39, 0.29) is 6.04 Å². The van der Waals surface area contributed by atoms with Crippen LogP contribution in [-0.2, 0) is 19.9 Å². The van der Waals surface area contributed by atoms with Crippen molar-refractivity contribution in [2.24, 2.45) is 12.8 Å². The van der Waals surface area contributed by atoms with Crippen molar-refractivity contribution in [1.82, 2.24) is 14.8 Å². The summed E-state index contributed by atoms with van der Waals surface area (Å²) in [5.41, 5.74) is 7.35. The molecule has 0 bridgehead atoms. The first kappa shape index (κ1) is 12.8. The van der Waals surface area contributed by atoms with Crippen LogP contribution in [0.4, 0.5) is 0 Å². The maximum absolute atomic E-state index is 6.17. The number of hydrogen-bond donors (Lipinski definition) is 1. The molecule has 0 spiro atoms. The molecule has 1 heterocycles. The van der Waals surface area contributed by atoms with Gasteiger partial charge in [0.25, 0.3) is 0 Å². The lowest BCUT2D eigenvalue weighted by atomic mass is 10.0. The lowest BCUT2D eigenvalue weighted by Gasteiger charge is -2.11. The third kappa shape index (κ3) is 2.96. The van der Waals surface area contributed by atoms with Crippen LogP contribution in [0, 0.1) is 0 Å². The van der Waals surface area contributed by atoms with E-state index >= 15 is 0 Å². The molecule has 1 aromatic carbocycles. The molecule has 2 rings (SSSR count). The summed E-state index contributed by atoms with van der Waals surface area (Å²) in [6.45, 7) is 2.06. The van der Waals surface area contributed by atoms with Gasteiger partial charge in [-0.1, -0.05) is 37.3 Å². The van der Waals surface area contributed by atoms with Crippen molar-refractivity contribution in [2.75, 3.05) is 0 Å². The zero-order chi connectivity index (χ0) is 13.0. The van der Waals surface area contributed by atoms with Gasteiger partial charge < -0.3 is 5.73 Å². The van der Waals surface area contributed by atoms with Crippen molar-refractivity contribution in [3.8, 4) is 0 Å². The Morgan fingerprint density at radius 2 is 2.00 bits per heavy atom. The molecule has 96 valence electrons. The summed E-state index contributed by atoms with van der Waals surface area (Å²) in [7, 11) is 1.94. The standard InChI is InChI=1S/C14H20N4/c1-3-13-16-14(18(2)17-13)10-9-12(15)11-7-5-4-6-8-11/h4-8,12H,3,9-10,15H2,1-2H3. The molecular formula is C14H20N4. The van der Waals surface area contributed by atoms with E-state index in [0.717, 1.165) is 30.9 Å². The average Bonchev–Trinajstić information content (AvgIpc) is 2.77. The molecule has 0 saturated heterocycles. The van der Waals surface area contributed by atoms with Gasteiger partial charge in [0.05, 0.1) is 0 Å². The van der Waals surface area contributed by atoms with E-state index in [0.29, 0.717) is 0 Å². The van der Waals surface area contributed by atoms with Crippen LogP contribution in [0.5, 0.6) is 0 Å². The summed E-state index contributed by atoms with van der Waals surface area (Å²) in [6, 6.07) is 10.2. The lowest BCUT2D eigenvalue weighted by molar-refractivity contribution is 0.604. The summed E-state index contributed by atoms with van der Waals surface area (Å²) < 4.78 is 1.86. The first-order valence-electron chi connectivity index (χ1n) is 6.40. The van der Waals surface area contributed by atoms with Crippen LogP contribution in [0.3, 0.4) is 0 Å². The van der Waals surface area contributed by atoms with Gasteiger partial charge in [0.15, 0.2) is 5.82 Å². The third-order valence-corrected chi connectivity index (χ3v) is 3.12. The second-order valence-corrected chi connectivity index (χ2v) is 4.48. The quantitative estimate of drug-likeness (QED) is 0.875. The molecule has 0 saturated carbocycles. The zero-order valence-corrected chi connectivity index (χ0v) is 11.0. The van der Waals surface area contributed by atoms with E-state index in [1.165, 1.54) is 5.56 Å². The summed E-state index contributed by atoms with van der Waals surface area (Å²) in [5.74, 6) is 1.92. The second kappa shape index (κ2) is 5.78. The average molecular weight is 244 g/mol. The van der Waals surface area contributed by atoms with Gasteiger partial charge in [-0.15, -0.1) is 0 Å². The molecule has 0 aliphatic carbocycles. The third-order valence-electron chi connectivity index (χ3n) is 3.12. The van der Waals surface area contributed by atoms with Crippen molar-refractivity contribution >= 4 is 0 Å². The van der Waals surface area contributed by atoms with Crippen LogP contribution >= 0.6 is 0 Å². The van der Waals surface area contributed by atoms with Crippen molar-refractivity contribution in [3.63, 3.8) is 0 Å². The van der Waals surface area contributed by atoms with Crippen LogP contribution in [-0.4, -0.2) is 14.8 Å². The maximum Gasteiger partial charge on any atom is 0.150 e. The Labute approximate surface area is 108 Å². The number of aryl methyl sites for hydroxylation is 3. The first-order valence-corrected chi connectivity index (χ1v) is 6.40. The highest BCUT2D eigenvalue weighted by Gasteiger charge is 2.10. The second-order valence-electron chi connectivity index (χ2n) is 4.48. The smallest absolute Gasteiger partial charge is 0.150 e. The molecule has 0 aliphatic heterocycles. The van der Waals surface area contributed by atoms with Crippen LogP contribution < -0.4 is 5.73 Å². The number of rotatable bonds is 5. The van der Waals surface area contributed by atoms with E-state index in [9.17, 15) is 0 Å². The van der Waals surface area contributed by atoms with Crippen LogP contribution in [0.25, 0.3) is 0 Å². The molecule has 0 fully saturated rings. The molecule has 0 radical (unpaired) electrons. The SMILES string of the molecule is CCc1nc(CCC(N)c2ccccc2)n(C)n1. The summed E-state index contributed by atoms with van der Waals surface area (Å²) in [5, 5.41) is 4.34. The minimum atomic E-state index is 0.0629. The van der Waals surface area contributed by atoms with E-state index < -0.39 is 0 Å². The summed E-state index contributed by atoms with van der Waals surface area (Å²) >= 11 is 0. The highest BCUT2D eigenvalue weighted by molar-refractivity contribution is 5.18. The van der Waals surface area contributed by atoms with Crippen molar-refractivity contribution in [3.05, 3.63) is 47.5 Å². The Kier molecular flexibility index (Phi) is 4.10. The van der Waals surface area contributed by atoms with Crippen LogP contribution in [0.2, 0.25) is 0 Å². The van der Waals surface area contributed by atoms with E-state index in [2.05, 4.69) is 29.1 Å². The van der Waals surface area contributed by atoms with Gasteiger partial charge in [-0.25, -0.2) is 4.98 Å². The minimum absolute atomic E-state index is 0.0629. The van der Waals surface area contributed by atoms with Crippen molar-refractivity contribution in [1.29, 1.82) is 0 Å². The fourth-order valence-corrected chi connectivity index (χ4v) is 1.99. The normalized spacial score (nSPS) is 12.6. The highest BCUT2D eigenvalue weighted by Crippen LogP contribution is 2.15. The number of aromatic nitrogens is 3. The monoisotopic (exact) mass is 244 g/mol. The summed E-state index contributed by atoms with van der Waals surface area (Å²) in [4.78, 5) is 4.49. The van der Waals surface area contributed by atoms with Crippen molar-refractivity contribution < 1.29 is 0 Å². The predicted octanol–water partition coefficient (Wildman–Crippen LogP) is 2.01. The van der Waals surface area contributed by atoms with E-state index in [1.54, 1.807) is 0 Å². The molecule has 2 N–H and O–H groups in total. The molecule has 2 aromatic rings. The Morgan fingerprint density at radius 1 is 1.28 bits per heavy atom. The number of hydrogen-bond acceptors (Lipinski definition) is 3. The molecule has 18 heavy (non-hydrogen) atoms. The maximum atomic E-state index is 6.17. The van der Waals surface area contributed by atoms with E-state index in [4.69, 9.17) is 5.73 Å². The molecular weight excluding hydrogens is 224 g/mol. The van der Waals surface area contributed by atoms with Crippen LogP contribution in [0.15, 0.2) is 30.3 Å². The first-order chi connectivity index (χ1) is 8.70. The predicted molar refractivity (Wildman–Crippen MR) is 72.1 cm³/mol. The van der Waals surface area contributed by atoms with E-state index in [1.807, 2.05) is 29.9 Å². The Bertz CT molecular complexity index is 490. The van der Waals surface area contributed by atoms with Gasteiger partial charge in [-0.2, -0.15) is 5.10 Å². The largest absolute Gasteiger partial charge is 0.324 e. The fraction of sp³-hybridized carbons (Fsp3) is 0.429. The van der Waals surface area contributed by atoms with Gasteiger partial charge in [0, 0.05) is 25.9 Å². The minimum Gasteiger partial charge on any atom is -0.324 e. The molecule has 4 heteroatoms. The molecule has 1 unspecified atom stereocenters. The zero-order valence-electron chi connectivity index (χ0n) is 11.0. The Balaban J connectivity index is 1.97.